The summed E-state index contributed by atoms with van der Waals surface area (Å²) < 4.78 is 1.58. The van der Waals surface area contributed by atoms with Gasteiger partial charge in [-0.05, 0) is 45.3 Å². The Morgan fingerprint density at radius 2 is 1.94 bits per heavy atom. The first kappa shape index (κ1) is 11.3. The van der Waals surface area contributed by atoms with Gasteiger partial charge in [0.1, 0.15) is 0 Å². The average Bonchev–Trinajstić information content (AvgIpc) is 2.74. The minimum Gasteiger partial charge on any atom is -0.301 e. The summed E-state index contributed by atoms with van der Waals surface area (Å²) in [5.74, 6) is 0. The lowest BCUT2D eigenvalue weighted by atomic mass is 10.2. The molecule has 2 rings (SSSR count). The normalized spacial score (nSPS) is 16.9. The first-order valence-electron chi connectivity index (χ1n) is 5.94. The standard InChI is InChI=1S/C12H19N3O/c1-10-9-12(16)15(13-11(10)2)8-7-14-5-3-4-6-14/h9H,3-8H2,1-2H3. The molecule has 4 heteroatoms. The van der Waals surface area contributed by atoms with E-state index in [0.29, 0.717) is 6.54 Å². The average molecular weight is 221 g/mol. The zero-order valence-electron chi connectivity index (χ0n) is 10.1. The van der Waals surface area contributed by atoms with E-state index in [4.69, 9.17) is 0 Å². The lowest BCUT2D eigenvalue weighted by Crippen LogP contribution is -2.31. The molecule has 1 aromatic rings. The number of hydrogen-bond donors (Lipinski definition) is 0. The SMILES string of the molecule is Cc1cc(=O)n(CCN2CCCC2)nc1C. The molecule has 0 bridgehead atoms. The van der Waals surface area contributed by atoms with E-state index in [2.05, 4.69) is 10.00 Å². The molecule has 0 N–H and O–H groups in total. The predicted molar refractivity (Wildman–Crippen MR) is 63.6 cm³/mol. The molecule has 1 saturated heterocycles. The fraction of sp³-hybridized carbons (Fsp3) is 0.667. The van der Waals surface area contributed by atoms with Crippen molar-refractivity contribution in [2.75, 3.05) is 19.6 Å². The highest BCUT2D eigenvalue weighted by Gasteiger charge is 2.11. The zero-order chi connectivity index (χ0) is 11.5. The van der Waals surface area contributed by atoms with E-state index >= 15 is 0 Å². The first-order chi connectivity index (χ1) is 7.66. The largest absolute Gasteiger partial charge is 0.301 e. The highest BCUT2D eigenvalue weighted by atomic mass is 16.1. The predicted octanol–water partition coefficient (Wildman–Crippen LogP) is 0.956. The van der Waals surface area contributed by atoms with Crippen molar-refractivity contribution in [2.24, 2.45) is 0 Å². The fourth-order valence-electron chi connectivity index (χ4n) is 2.08. The van der Waals surface area contributed by atoms with Gasteiger partial charge in [-0.3, -0.25) is 4.79 Å². The van der Waals surface area contributed by atoms with Crippen LogP contribution in [0.1, 0.15) is 24.1 Å². The molecule has 0 atom stereocenters. The number of nitrogens with zero attached hydrogens (tertiary/aromatic N) is 3. The van der Waals surface area contributed by atoms with Crippen molar-refractivity contribution in [3.63, 3.8) is 0 Å². The van der Waals surface area contributed by atoms with E-state index < -0.39 is 0 Å². The molecule has 16 heavy (non-hydrogen) atoms. The van der Waals surface area contributed by atoms with Crippen LogP contribution in [0, 0.1) is 13.8 Å². The van der Waals surface area contributed by atoms with E-state index in [9.17, 15) is 4.79 Å². The van der Waals surface area contributed by atoms with E-state index in [0.717, 1.165) is 17.8 Å². The van der Waals surface area contributed by atoms with Gasteiger partial charge in [-0.15, -0.1) is 0 Å². The summed E-state index contributed by atoms with van der Waals surface area (Å²) in [5.41, 5.74) is 1.94. The summed E-state index contributed by atoms with van der Waals surface area (Å²) in [4.78, 5) is 14.1. The van der Waals surface area contributed by atoms with Gasteiger partial charge in [0, 0.05) is 12.6 Å². The van der Waals surface area contributed by atoms with Gasteiger partial charge in [0.05, 0.1) is 12.2 Å². The Hall–Kier alpha value is -1.16. The summed E-state index contributed by atoms with van der Waals surface area (Å²) in [6.07, 6.45) is 2.57. The van der Waals surface area contributed by atoms with Crippen molar-refractivity contribution in [1.29, 1.82) is 0 Å². The van der Waals surface area contributed by atoms with Crippen molar-refractivity contribution < 1.29 is 0 Å². The van der Waals surface area contributed by atoms with E-state index in [-0.39, 0.29) is 5.56 Å². The minimum atomic E-state index is 0.0160. The summed E-state index contributed by atoms with van der Waals surface area (Å²) in [5, 5.41) is 4.31. The molecule has 1 aromatic heterocycles. The summed E-state index contributed by atoms with van der Waals surface area (Å²) in [6, 6.07) is 1.67. The fourth-order valence-corrected chi connectivity index (χ4v) is 2.08. The smallest absolute Gasteiger partial charge is 0.267 e. The van der Waals surface area contributed by atoms with Crippen LogP contribution in [0.15, 0.2) is 10.9 Å². The van der Waals surface area contributed by atoms with Gasteiger partial charge in [-0.2, -0.15) is 5.10 Å². The first-order valence-corrected chi connectivity index (χ1v) is 5.94. The lowest BCUT2D eigenvalue weighted by molar-refractivity contribution is 0.311. The van der Waals surface area contributed by atoms with E-state index in [1.165, 1.54) is 25.9 Å². The van der Waals surface area contributed by atoms with Gasteiger partial charge in [0.25, 0.3) is 5.56 Å². The second kappa shape index (κ2) is 4.78. The van der Waals surface area contributed by atoms with Crippen LogP contribution in [0.3, 0.4) is 0 Å². The Labute approximate surface area is 95.9 Å². The van der Waals surface area contributed by atoms with Gasteiger partial charge in [0.2, 0.25) is 0 Å². The van der Waals surface area contributed by atoms with Crippen molar-refractivity contribution in [3.8, 4) is 0 Å². The molecular weight excluding hydrogens is 202 g/mol. The number of hydrogen-bond acceptors (Lipinski definition) is 3. The monoisotopic (exact) mass is 221 g/mol. The van der Waals surface area contributed by atoms with Crippen LogP contribution in [0.5, 0.6) is 0 Å². The maximum atomic E-state index is 11.7. The van der Waals surface area contributed by atoms with Gasteiger partial charge < -0.3 is 4.90 Å². The van der Waals surface area contributed by atoms with E-state index in [1.807, 2.05) is 13.8 Å². The lowest BCUT2D eigenvalue weighted by Gasteiger charge is -2.15. The third-order valence-corrected chi connectivity index (χ3v) is 3.26. The van der Waals surface area contributed by atoms with Crippen LogP contribution < -0.4 is 5.56 Å². The second-order valence-electron chi connectivity index (χ2n) is 4.52. The maximum Gasteiger partial charge on any atom is 0.267 e. The molecule has 0 amide bonds. The van der Waals surface area contributed by atoms with Crippen molar-refractivity contribution in [3.05, 3.63) is 27.7 Å². The Morgan fingerprint density at radius 3 is 2.62 bits per heavy atom. The number of aryl methyl sites for hydroxylation is 2. The third-order valence-electron chi connectivity index (χ3n) is 3.26. The number of rotatable bonds is 3. The van der Waals surface area contributed by atoms with Gasteiger partial charge in [-0.25, -0.2) is 4.68 Å². The quantitative estimate of drug-likeness (QED) is 0.763. The number of likely N-dealkylation sites (tertiary alicyclic amines) is 1. The molecule has 1 aliphatic rings. The Morgan fingerprint density at radius 1 is 1.25 bits per heavy atom. The van der Waals surface area contributed by atoms with Crippen LogP contribution in [-0.2, 0) is 6.54 Å². The maximum absolute atomic E-state index is 11.7. The topological polar surface area (TPSA) is 38.1 Å². The van der Waals surface area contributed by atoms with Crippen LogP contribution in [-0.4, -0.2) is 34.3 Å². The van der Waals surface area contributed by atoms with Gasteiger partial charge in [0.15, 0.2) is 0 Å². The summed E-state index contributed by atoms with van der Waals surface area (Å²) >= 11 is 0. The molecule has 0 unspecified atom stereocenters. The van der Waals surface area contributed by atoms with Crippen LogP contribution in [0.2, 0.25) is 0 Å². The summed E-state index contributed by atoms with van der Waals surface area (Å²) in [6.45, 7) is 7.85. The molecule has 2 heterocycles. The van der Waals surface area contributed by atoms with Crippen LogP contribution >= 0.6 is 0 Å². The molecule has 0 spiro atoms. The highest BCUT2D eigenvalue weighted by Crippen LogP contribution is 2.06. The van der Waals surface area contributed by atoms with Crippen LogP contribution in [0.25, 0.3) is 0 Å². The minimum absolute atomic E-state index is 0.0160. The van der Waals surface area contributed by atoms with Crippen molar-refractivity contribution in [1.82, 2.24) is 14.7 Å². The molecule has 0 aliphatic carbocycles. The molecule has 88 valence electrons. The molecule has 1 aliphatic heterocycles. The van der Waals surface area contributed by atoms with E-state index in [1.54, 1.807) is 10.7 Å². The Bertz CT molecular complexity index is 419. The molecule has 0 saturated carbocycles. The molecule has 0 aromatic carbocycles. The third kappa shape index (κ3) is 2.50. The Balaban J connectivity index is 2.03. The summed E-state index contributed by atoms with van der Waals surface area (Å²) in [7, 11) is 0. The highest BCUT2D eigenvalue weighted by molar-refractivity contribution is 5.13. The molecule has 4 nitrogen and oxygen atoms in total. The van der Waals surface area contributed by atoms with Crippen molar-refractivity contribution >= 4 is 0 Å². The van der Waals surface area contributed by atoms with Gasteiger partial charge in [-0.1, -0.05) is 0 Å². The van der Waals surface area contributed by atoms with Gasteiger partial charge >= 0.3 is 0 Å². The Kier molecular flexibility index (Phi) is 3.39. The second-order valence-corrected chi connectivity index (χ2v) is 4.52. The molecule has 1 fully saturated rings. The zero-order valence-corrected chi connectivity index (χ0v) is 10.1. The number of aromatic nitrogens is 2. The molecular formula is C12H19N3O. The van der Waals surface area contributed by atoms with Crippen molar-refractivity contribution in [2.45, 2.75) is 33.2 Å². The molecule has 0 radical (unpaired) electrons. The van der Waals surface area contributed by atoms with Crippen LogP contribution in [0.4, 0.5) is 0 Å².